The number of ether oxygens (including phenoxy) is 3. The molecule has 20 heavy (non-hydrogen) atoms. The molecule has 8 heteroatoms. The number of methoxy groups -OCH3 is 1. The Balaban J connectivity index is 2.30. The summed E-state index contributed by atoms with van der Waals surface area (Å²) in [6.07, 6.45) is -0.286. The monoisotopic (exact) mass is 301 g/mol. The summed E-state index contributed by atoms with van der Waals surface area (Å²) in [4.78, 5) is 11.8. The number of hydrogen-bond acceptors (Lipinski definition) is 6. The van der Waals surface area contributed by atoms with Gasteiger partial charge >= 0.3 is 5.97 Å². The van der Waals surface area contributed by atoms with Gasteiger partial charge in [-0.15, -0.1) is 0 Å². The Labute approximate surface area is 116 Å². The van der Waals surface area contributed by atoms with Gasteiger partial charge in [0.1, 0.15) is 6.10 Å². The molecule has 1 aromatic rings. The average Bonchev–Trinajstić information content (AvgIpc) is 2.32. The molecule has 2 rings (SSSR count). The molecule has 0 aliphatic carbocycles. The summed E-state index contributed by atoms with van der Waals surface area (Å²) in [5, 5.41) is 5.09. The molecule has 1 heterocycles. The lowest BCUT2D eigenvalue weighted by atomic mass is 10.1. The fraction of sp³-hybridized carbons (Fsp3) is 0.417. The predicted octanol–water partition coefficient (Wildman–Crippen LogP) is 0.0360. The van der Waals surface area contributed by atoms with E-state index in [4.69, 9.17) is 19.3 Å². The Morgan fingerprint density at radius 1 is 1.40 bits per heavy atom. The van der Waals surface area contributed by atoms with Crippen LogP contribution in [0.25, 0.3) is 0 Å². The fourth-order valence-corrected chi connectivity index (χ4v) is 2.30. The molecule has 7 nitrogen and oxygen atoms in total. The van der Waals surface area contributed by atoms with Gasteiger partial charge in [-0.05, 0) is 23.8 Å². The standard InChI is InChI=1S/C12H15NO6S/c1-17-5-8-2-9(4-11(3-8)20(13,15)16)12(14)19-10-6-18-7-10/h2-4,10H,5-7H2,1H3,(H2,13,15,16). The lowest BCUT2D eigenvalue weighted by Crippen LogP contribution is -2.37. The van der Waals surface area contributed by atoms with Crippen molar-refractivity contribution in [1.29, 1.82) is 0 Å². The van der Waals surface area contributed by atoms with Crippen molar-refractivity contribution in [2.45, 2.75) is 17.6 Å². The molecule has 1 aliphatic rings. The van der Waals surface area contributed by atoms with Crippen LogP contribution in [0.4, 0.5) is 0 Å². The largest absolute Gasteiger partial charge is 0.454 e. The Morgan fingerprint density at radius 3 is 2.60 bits per heavy atom. The normalized spacial score (nSPS) is 15.7. The van der Waals surface area contributed by atoms with Crippen LogP contribution < -0.4 is 5.14 Å². The van der Waals surface area contributed by atoms with Crippen molar-refractivity contribution in [2.75, 3.05) is 20.3 Å². The second-order valence-electron chi connectivity index (χ2n) is 4.41. The molecule has 0 aromatic heterocycles. The van der Waals surface area contributed by atoms with E-state index in [0.29, 0.717) is 18.8 Å². The van der Waals surface area contributed by atoms with Crippen molar-refractivity contribution in [2.24, 2.45) is 5.14 Å². The molecular weight excluding hydrogens is 286 g/mol. The number of hydrogen-bond donors (Lipinski definition) is 1. The van der Waals surface area contributed by atoms with Crippen LogP contribution in [0.15, 0.2) is 23.1 Å². The number of benzene rings is 1. The molecule has 0 unspecified atom stereocenters. The molecule has 1 aliphatic heterocycles. The van der Waals surface area contributed by atoms with E-state index < -0.39 is 16.0 Å². The molecule has 1 saturated heterocycles. The number of rotatable bonds is 5. The number of esters is 1. The number of primary sulfonamides is 1. The summed E-state index contributed by atoms with van der Waals surface area (Å²) in [6, 6.07) is 4.07. The van der Waals surface area contributed by atoms with Crippen molar-refractivity contribution in [1.82, 2.24) is 0 Å². The number of carbonyl (C=O) groups excluding carboxylic acids is 1. The van der Waals surface area contributed by atoms with Crippen molar-refractivity contribution >= 4 is 16.0 Å². The fourth-order valence-electron chi connectivity index (χ4n) is 1.69. The molecular formula is C12H15NO6S. The first-order chi connectivity index (χ1) is 9.40. The first-order valence-electron chi connectivity index (χ1n) is 5.84. The highest BCUT2D eigenvalue weighted by Gasteiger charge is 2.24. The average molecular weight is 301 g/mol. The quantitative estimate of drug-likeness (QED) is 0.770. The van der Waals surface area contributed by atoms with Crippen molar-refractivity contribution < 1.29 is 27.4 Å². The van der Waals surface area contributed by atoms with E-state index in [1.165, 1.54) is 25.3 Å². The smallest absolute Gasteiger partial charge is 0.338 e. The summed E-state index contributed by atoms with van der Waals surface area (Å²) >= 11 is 0. The third-order valence-electron chi connectivity index (χ3n) is 2.72. The summed E-state index contributed by atoms with van der Waals surface area (Å²) in [5.74, 6) is -0.610. The van der Waals surface area contributed by atoms with Crippen LogP contribution in [-0.4, -0.2) is 40.8 Å². The zero-order chi connectivity index (χ0) is 14.8. The minimum absolute atomic E-state index is 0.121. The summed E-state index contributed by atoms with van der Waals surface area (Å²) in [7, 11) is -2.44. The minimum atomic E-state index is -3.91. The Kier molecular flexibility index (Phi) is 4.39. The van der Waals surface area contributed by atoms with Gasteiger partial charge in [0, 0.05) is 7.11 Å². The van der Waals surface area contributed by atoms with Gasteiger partial charge in [0.05, 0.1) is 30.3 Å². The van der Waals surface area contributed by atoms with Gasteiger partial charge in [-0.2, -0.15) is 0 Å². The molecule has 0 radical (unpaired) electrons. The van der Waals surface area contributed by atoms with Crippen molar-refractivity contribution in [3.05, 3.63) is 29.3 Å². The van der Waals surface area contributed by atoms with Gasteiger partial charge in [0.25, 0.3) is 0 Å². The van der Waals surface area contributed by atoms with E-state index >= 15 is 0 Å². The van der Waals surface area contributed by atoms with Gasteiger partial charge < -0.3 is 14.2 Å². The summed E-state index contributed by atoms with van der Waals surface area (Å²) in [6.45, 7) is 0.868. The van der Waals surface area contributed by atoms with Gasteiger partial charge in [-0.1, -0.05) is 0 Å². The highest BCUT2D eigenvalue weighted by molar-refractivity contribution is 7.89. The maximum absolute atomic E-state index is 11.9. The van der Waals surface area contributed by atoms with E-state index in [-0.39, 0.29) is 23.2 Å². The zero-order valence-corrected chi connectivity index (χ0v) is 11.7. The molecule has 0 atom stereocenters. The lowest BCUT2D eigenvalue weighted by Gasteiger charge is -2.25. The molecule has 0 bridgehead atoms. The first-order valence-corrected chi connectivity index (χ1v) is 7.39. The first kappa shape index (κ1) is 14.9. The highest BCUT2D eigenvalue weighted by Crippen LogP contribution is 2.17. The van der Waals surface area contributed by atoms with Crippen LogP contribution in [0.2, 0.25) is 0 Å². The second-order valence-corrected chi connectivity index (χ2v) is 5.97. The van der Waals surface area contributed by atoms with E-state index in [9.17, 15) is 13.2 Å². The van der Waals surface area contributed by atoms with Gasteiger partial charge in [-0.25, -0.2) is 18.4 Å². The van der Waals surface area contributed by atoms with Gasteiger partial charge in [-0.3, -0.25) is 0 Å². The van der Waals surface area contributed by atoms with E-state index in [1.54, 1.807) is 0 Å². The molecule has 0 saturated carbocycles. The Bertz CT molecular complexity index is 608. The topological polar surface area (TPSA) is 105 Å². The van der Waals surface area contributed by atoms with Crippen molar-refractivity contribution in [3.8, 4) is 0 Å². The predicted molar refractivity (Wildman–Crippen MR) is 68.6 cm³/mol. The lowest BCUT2D eigenvalue weighted by molar-refractivity contribution is -0.103. The second kappa shape index (κ2) is 5.88. The highest BCUT2D eigenvalue weighted by atomic mass is 32.2. The number of carbonyl (C=O) groups is 1. The molecule has 110 valence electrons. The van der Waals surface area contributed by atoms with Crippen LogP contribution in [-0.2, 0) is 30.8 Å². The molecule has 1 fully saturated rings. The molecule has 0 amide bonds. The molecule has 2 N–H and O–H groups in total. The van der Waals surface area contributed by atoms with Crippen LogP contribution in [0.3, 0.4) is 0 Å². The van der Waals surface area contributed by atoms with Crippen LogP contribution in [0.5, 0.6) is 0 Å². The van der Waals surface area contributed by atoms with Gasteiger partial charge in [0.15, 0.2) is 0 Å². The zero-order valence-electron chi connectivity index (χ0n) is 10.9. The molecule has 0 spiro atoms. The van der Waals surface area contributed by atoms with Crippen LogP contribution in [0, 0.1) is 0 Å². The Hall–Kier alpha value is -1.48. The summed E-state index contributed by atoms with van der Waals surface area (Å²) in [5.41, 5.74) is 0.645. The van der Waals surface area contributed by atoms with E-state index in [2.05, 4.69) is 0 Å². The maximum atomic E-state index is 11.9. The van der Waals surface area contributed by atoms with Crippen LogP contribution >= 0.6 is 0 Å². The van der Waals surface area contributed by atoms with E-state index in [0.717, 1.165) is 0 Å². The maximum Gasteiger partial charge on any atom is 0.338 e. The number of nitrogens with two attached hydrogens (primary N) is 1. The van der Waals surface area contributed by atoms with E-state index in [1.807, 2.05) is 0 Å². The van der Waals surface area contributed by atoms with Crippen molar-refractivity contribution in [3.63, 3.8) is 0 Å². The minimum Gasteiger partial charge on any atom is -0.454 e. The Morgan fingerprint density at radius 2 is 2.10 bits per heavy atom. The summed E-state index contributed by atoms with van der Waals surface area (Å²) < 4.78 is 37.8. The van der Waals surface area contributed by atoms with Crippen LogP contribution in [0.1, 0.15) is 15.9 Å². The molecule has 1 aromatic carbocycles. The number of sulfonamides is 1. The third kappa shape index (κ3) is 3.54. The SMILES string of the molecule is COCc1cc(C(=O)OC2COC2)cc(S(N)(=O)=O)c1. The van der Waals surface area contributed by atoms with Gasteiger partial charge in [0.2, 0.25) is 10.0 Å². The third-order valence-corrected chi connectivity index (χ3v) is 3.62.